The summed E-state index contributed by atoms with van der Waals surface area (Å²) in [6.45, 7) is -0.367. The zero-order valence-electron chi connectivity index (χ0n) is 16.3. The molecule has 29 heavy (non-hydrogen) atoms. The first kappa shape index (κ1) is 22.0. The molecule has 0 aliphatic heterocycles. The van der Waals surface area contributed by atoms with Crippen molar-refractivity contribution in [2.45, 2.75) is 6.54 Å². The van der Waals surface area contributed by atoms with E-state index in [0.29, 0.717) is 6.54 Å². The Labute approximate surface area is 171 Å². The lowest BCUT2D eigenvalue weighted by atomic mass is 10.2. The first-order chi connectivity index (χ1) is 13.8. The van der Waals surface area contributed by atoms with Crippen molar-refractivity contribution in [2.75, 3.05) is 34.5 Å². The molecule has 2 aromatic rings. The van der Waals surface area contributed by atoms with Gasteiger partial charge in [-0.25, -0.2) is 4.79 Å². The van der Waals surface area contributed by atoms with Gasteiger partial charge >= 0.3 is 5.97 Å². The fraction of sp³-hybridized carbons (Fsp3) is 0.316. The molecule has 2 amide bonds. The van der Waals surface area contributed by atoms with Gasteiger partial charge in [0.05, 0.1) is 26.3 Å². The number of ether oxygens (including phenoxy) is 4. The molecule has 0 unspecified atom stereocenters. The molecule has 156 valence electrons. The third-order valence-corrected chi connectivity index (χ3v) is 4.64. The highest BCUT2D eigenvalue weighted by atomic mass is 32.1. The number of esters is 1. The third-order valence-electron chi connectivity index (χ3n) is 3.78. The monoisotopic (exact) mass is 422 g/mol. The van der Waals surface area contributed by atoms with Crippen molar-refractivity contribution in [2.24, 2.45) is 5.73 Å². The number of thiophene rings is 1. The van der Waals surface area contributed by atoms with Crippen LogP contribution in [0.1, 0.15) is 15.2 Å². The number of nitrogens with two attached hydrogens (primary N) is 1. The van der Waals surface area contributed by atoms with Crippen LogP contribution >= 0.6 is 11.3 Å². The first-order valence-corrected chi connectivity index (χ1v) is 9.34. The van der Waals surface area contributed by atoms with Crippen LogP contribution < -0.4 is 19.9 Å². The van der Waals surface area contributed by atoms with Crippen molar-refractivity contribution in [1.29, 1.82) is 0 Å². The molecule has 1 aromatic heterocycles. The highest BCUT2D eigenvalue weighted by molar-refractivity contribution is 7.09. The lowest BCUT2D eigenvalue weighted by Crippen LogP contribution is -2.30. The van der Waals surface area contributed by atoms with Crippen molar-refractivity contribution in [1.82, 2.24) is 4.90 Å². The van der Waals surface area contributed by atoms with E-state index in [1.165, 1.54) is 42.6 Å². The molecule has 1 heterocycles. The van der Waals surface area contributed by atoms with Gasteiger partial charge in [-0.2, -0.15) is 0 Å². The average Bonchev–Trinajstić information content (AvgIpc) is 3.22. The van der Waals surface area contributed by atoms with Crippen LogP contribution in [0, 0.1) is 0 Å². The summed E-state index contributed by atoms with van der Waals surface area (Å²) in [6, 6.07) is 6.54. The summed E-state index contributed by atoms with van der Waals surface area (Å²) in [4.78, 5) is 38.0. The summed E-state index contributed by atoms with van der Waals surface area (Å²) in [5.41, 5.74) is 5.18. The molecule has 9 nitrogen and oxygen atoms in total. The minimum atomic E-state index is -0.735. The molecule has 0 saturated heterocycles. The molecule has 2 rings (SSSR count). The Morgan fingerprint density at radius 3 is 2.28 bits per heavy atom. The smallest absolute Gasteiger partial charge is 0.338 e. The van der Waals surface area contributed by atoms with Gasteiger partial charge in [-0.05, 0) is 23.6 Å². The van der Waals surface area contributed by atoms with Gasteiger partial charge in [0, 0.05) is 11.9 Å². The number of hydrogen-bond donors (Lipinski definition) is 1. The zero-order valence-corrected chi connectivity index (χ0v) is 17.1. The molecule has 0 saturated carbocycles. The van der Waals surface area contributed by atoms with E-state index in [2.05, 4.69) is 0 Å². The van der Waals surface area contributed by atoms with Crippen LogP contribution in [0.3, 0.4) is 0 Å². The molecule has 0 aliphatic carbocycles. The van der Waals surface area contributed by atoms with E-state index in [0.717, 1.165) is 4.88 Å². The van der Waals surface area contributed by atoms with E-state index >= 15 is 0 Å². The van der Waals surface area contributed by atoms with Gasteiger partial charge in [0.1, 0.15) is 0 Å². The van der Waals surface area contributed by atoms with Crippen LogP contribution in [0.25, 0.3) is 0 Å². The number of nitrogens with zero attached hydrogens (tertiary/aromatic N) is 1. The molecule has 0 aliphatic rings. The lowest BCUT2D eigenvalue weighted by molar-refractivity contribution is -0.133. The van der Waals surface area contributed by atoms with Crippen LogP contribution in [0.4, 0.5) is 0 Å². The van der Waals surface area contributed by atoms with Crippen molar-refractivity contribution in [3.05, 3.63) is 40.1 Å². The standard InChI is InChI=1S/C19H22N2O7S/c1-21(9-13-5-4-6-29-13)17(23)11-28-19(24)12-7-14(25-2)18(15(8-12)26-3)27-10-16(20)22/h4-8H,9-11H2,1-3H3,(H2,20,22). The molecule has 0 bridgehead atoms. The average molecular weight is 422 g/mol. The Hall–Kier alpha value is -3.27. The molecule has 1 aromatic carbocycles. The summed E-state index contributed by atoms with van der Waals surface area (Å²) in [7, 11) is 4.36. The van der Waals surface area contributed by atoms with E-state index in [1.807, 2.05) is 17.5 Å². The van der Waals surface area contributed by atoms with E-state index < -0.39 is 18.5 Å². The van der Waals surface area contributed by atoms with Gasteiger partial charge in [-0.15, -0.1) is 11.3 Å². The van der Waals surface area contributed by atoms with Gasteiger partial charge in [-0.3, -0.25) is 9.59 Å². The number of carbonyl (C=O) groups excluding carboxylic acids is 3. The molecular formula is C19H22N2O7S. The van der Waals surface area contributed by atoms with E-state index in [-0.39, 0.29) is 35.3 Å². The normalized spacial score (nSPS) is 10.2. The predicted molar refractivity (Wildman–Crippen MR) is 105 cm³/mol. The number of hydrogen-bond acceptors (Lipinski definition) is 8. The number of rotatable bonds is 10. The molecule has 0 radical (unpaired) electrons. The van der Waals surface area contributed by atoms with Crippen LogP contribution in [-0.2, 0) is 20.9 Å². The molecule has 0 spiro atoms. The molecule has 10 heteroatoms. The highest BCUT2D eigenvalue weighted by Gasteiger charge is 2.20. The van der Waals surface area contributed by atoms with Crippen molar-refractivity contribution in [3.8, 4) is 17.2 Å². The fourth-order valence-electron chi connectivity index (χ4n) is 2.33. The SMILES string of the molecule is COc1cc(C(=O)OCC(=O)N(C)Cc2cccs2)cc(OC)c1OCC(N)=O. The van der Waals surface area contributed by atoms with Crippen LogP contribution in [-0.4, -0.2) is 57.2 Å². The van der Waals surface area contributed by atoms with Gasteiger partial charge in [-0.1, -0.05) is 6.07 Å². The Kier molecular flexibility index (Phi) is 7.84. The summed E-state index contributed by atoms with van der Waals surface area (Å²) in [5, 5.41) is 1.92. The van der Waals surface area contributed by atoms with E-state index in [9.17, 15) is 14.4 Å². The maximum Gasteiger partial charge on any atom is 0.338 e. The van der Waals surface area contributed by atoms with Gasteiger partial charge in [0.25, 0.3) is 11.8 Å². The second-order valence-electron chi connectivity index (χ2n) is 5.87. The number of likely N-dealkylation sites (N-methyl/N-ethyl adjacent to an activating group) is 1. The minimum absolute atomic E-state index is 0.0961. The Morgan fingerprint density at radius 2 is 1.76 bits per heavy atom. The number of benzene rings is 1. The van der Waals surface area contributed by atoms with Crippen molar-refractivity contribution in [3.63, 3.8) is 0 Å². The highest BCUT2D eigenvalue weighted by Crippen LogP contribution is 2.38. The topological polar surface area (TPSA) is 117 Å². The van der Waals surface area contributed by atoms with Gasteiger partial charge < -0.3 is 29.6 Å². The van der Waals surface area contributed by atoms with Crippen LogP contribution in [0.5, 0.6) is 17.2 Å². The Morgan fingerprint density at radius 1 is 1.10 bits per heavy atom. The Bertz CT molecular complexity index is 842. The Balaban J connectivity index is 2.05. The molecule has 2 N–H and O–H groups in total. The summed E-state index contributed by atoms with van der Waals surface area (Å²) in [6.07, 6.45) is 0. The number of primary amides is 1. The quantitative estimate of drug-likeness (QED) is 0.576. The minimum Gasteiger partial charge on any atom is -0.493 e. The lowest BCUT2D eigenvalue weighted by Gasteiger charge is -2.17. The molecule has 0 atom stereocenters. The third kappa shape index (κ3) is 6.11. The van der Waals surface area contributed by atoms with Crippen LogP contribution in [0.2, 0.25) is 0 Å². The molecular weight excluding hydrogens is 400 g/mol. The van der Waals surface area contributed by atoms with Gasteiger partial charge in [0.2, 0.25) is 5.75 Å². The first-order valence-electron chi connectivity index (χ1n) is 8.46. The van der Waals surface area contributed by atoms with Crippen molar-refractivity contribution >= 4 is 29.1 Å². The fourth-order valence-corrected chi connectivity index (χ4v) is 3.09. The predicted octanol–water partition coefficient (Wildman–Crippen LogP) is 1.44. The number of methoxy groups -OCH3 is 2. The number of carbonyl (C=O) groups is 3. The largest absolute Gasteiger partial charge is 0.493 e. The second kappa shape index (κ2) is 10.3. The van der Waals surface area contributed by atoms with Crippen molar-refractivity contribution < 1.29 is 33.3 Å². The summed E-state index contributed by atoms with van der Waals surface area (Å²) in [5.74, 6) is -1.33. The molecule has 0 fully saturated rings. The zero-order chi connectivity index (χ0) is 21.4. The second-order valence-corrected chi connectivity index (χ2v) is 6.90. The summed E-state index contributed by atoms with van der Waals surface area (Å²) < 4.78 is 20.8. The summed E-state index contributed by atoms with van der Waals surface area (Å²) >= 11 is 1.53. The van der Waals surface area contributed by atoms with Gasteiger partial charge in [0.15, 0.2) is 24.7 Å². The van der Waals surface area contributed by atoms with E-state index in [4.69, 9.17) is 24.7 Å². The number of amides is 2. The maximum absolute atomic E-state index is 12.4. The van der Waals surface area contributed by atoms with E-state index in [1.54, 1.807) is 7.05 Å². The maximum atomic E-state index is 12.4. The van der Waals surface area contributed by atoms with Crippen LogP contribution in [0.15, 0.2) is 29.6 Å².